The van der Waals surface area contributed by atoms with E-state index in [0.717, 1.165) is 0 Å². The molecule has 1 fully saturated rings. The molecule has 0 aromatic heterocycles. The van der Waals surface area contributed by atoms with Crippen molar-refractivity contribution in [2.45, 2.75) is 58.2 Å². The Hall–Kier alpha value is -1.34. The Morgan fingerprint density at radius 3 is 2.26 bits per heavy atom. The van der Waals surface area contributed by atoms with Crippen LogP contribution in [0.4, 0.5) is 4.79 Å². The number of hydrogen-bond acceptors (Lipinski definition) is 5. The summed E-state index contributed by atoms with van der Waals surface area (Å²) in [7, 11) is 1.62. The van der Waals surface area contributed by atoms with Gasteiger partial charge in [-0.2, -0.15) is 0 Å². The molecule has 0 aromatic carbocycles. The fraction of sp³-hybridized carbons (Fsp3) is 0.875. The van der Waals surface area contributed by atoms with Gasteiger partial charge in [0.2, 0.25) is 0 Å². The summed E-state index contributed by atoms with van der Waals surface area (Å²) < 4.78 is 10.5. The van der Waals surface area contributed by atoms with Crippen LogP contribution >= 0.6 is 0 Å². The summed E-state index contributed by atoms with van der Waals surface area (Å²) in [5.41, 5.74) is -1.19. The van der Waals surface area contributed by atoms with Crippen LogP contribution in [0.25, 0.3) is 0 Å². The molecule has 2 N–H and O–H groups in total. The molecule has 1 rings (SSSR count). The molecule has 1 atom stereocenters. The number of nitrogens with zero attached hydrogens (tertiary/aromatic N) is 1. The molecule has 134 valence electrons. The highest BCUT2D eigenvalue weighted by molar-refractivity contribution is 5.73. The molecule has 0 aromatic rings. The monoisotopic (exact) mass is 330 g/mol. The van der Waals surface area contributed by atoms with E-state index in [-0.39, 0.29) is 18.4 Å². The number of hydrogen-bond donors (Lipinski definition) is 2. The quantitative estimate of drug-likeness (QED) is 0.739. The van der Waals surface area contributed by atoms with Crippen LogP contribution in [0.15, 0.2) is 0 Å². The smallest absolute Gasteiger partial charge is 0.410 e. The van der Waals surface area contributed by atoms with Crippen LogP contribution in [0, 0.1) is 5.92 Å². The Bertz CT molecular complexity index is 425. The molecule has 1 heterocycles. The van der Waals surface area contributed by atoms with Crippen molar-refractivity contribution in [3.8, 4) is 0 Å². The van der Waals surface area contributed by atoms with Gasteiger partial charge in [-0.25, -0.2) is 4.79 Å². The molecule has 0 saturated carbocycles. The average molecular weight is 330 g/mol. The van der Waals surface area contributed by atoms with E-state index in [9.17, 15) is 14.7 Å². The van der Waals surface area contributed by atoms with Gasteiger partial charge in [0.15, 0.2) is 0 Å². The number of methoxy groups -OCH3 is 1. The van der Waals surface area contributed by atoms with E-state index in [2.05, 4.69) is 19.2 Å². The largest absolute Gasteiger partial charge is 0.481 e. The zero-order valence-corrected chi connectivity index (χ0v) is 15.0. The van der Waals surface area contributed by atoms with Gasteiger partial charge in [0.1, 0.15) is 5.60 Å². The lowest BCUT2D eigenvalue weighted by molar-refractivity contribution is -0.141. The molecule has 1 aliphatic rings. The second kappa shape index (κ2) is 7.49. The van der Waals surface area contributed by atoms with E-state index in [1.54, 1.807) is 27.9 Å². The zero-order valence-electron chi connectivity index (χ0n) is 15.0. The van der Waals surface area contributed by atoms with Crippen LogP contribution in [0.1, 0.15) is 41.0 Å². The van der Waals surface area contributed by atoms with E-state index in [1.807, 2.05) is 0 Å². The Kier molecular flexibility index (Phi) is 6.41. The van der Waals surface area contributed by atoms with Crippen molar-refractivity contribution >= 4 is 12.1 Å². The van der Waals surface area contributed by atoms with Gasteiger partial charge >= 0.3 is 12.1 Å². The fourth-order valence-electron chi connectivity index (χ4n) is 2.66. The molecule has 7 heteroatoms. The highest BCUT2D eigenvalue weighted by Gasteiger charge is 2.49. The van der Waals surface area contributed by atoms with E-state index in [4.69, 9.17) is 9.47 Å². The van der Waals surface area contributed by atoms with Crippen LogP contribution in [0.3, 0.4) is 0 Å². The summed E-state index contributed by atoms with van der Waals surface area (Å²) in [5, 5.41) is 12.6. The summed E-state index contributed by atoms with van der Waals surface area (Å²) in [5.74, 6) is -0.600. The summed E-state index contributed by atoms with van der Waals surface area (Å²) in [6.45, 7) is 10.7. The Morgan fingerprint density at radius 1 is 1.30 bits per heavy atom. The molecular weight excluding hydrogens is 300 g/mol. The lowest BCUT2D eigenvalue weighted by atomic mass is 9.84. The standard InChI is InChI=1S/C16H30N2O5/c1-11(2)12(8-22-6)17-16(7-13(19)20)9-18(10-16)14(21)23-15(3,4)5/h11-12,17H,7-10H2,1-6H3,(H,19,20). The van der Waals surface area contributed by atoms with Gasteiger partial charge in [-0.1, -0.05) is 13.8 Å². The lowest BCUT2D eigenvalue weighted by Gasteiger charge is -2.51. The minimum Gasteiger partial charge on any atom is -0.481 e. The van der Waals surface area contributed by atoms with Gasteiger partial charge in [0, 0.05) is 26.2 Å². The maximum absolute atomic E-state index is 12.1. The number of carboxylic acids is 1. The number of carbonyl (C=O) groups excluding carboxylic acids is 1. The lowest BCUT2D eigenvalue weighted by Crippen LogP contribution is -2.73. The highest BCUT2D eigenvalue weighted by atomic mass is 16.6. The van der Waals surface area contributed by atoms with Crippen LogP contribution < -0.4 is 5.32 Å². The first kappa shape index (κ1) is 19.7. The number of carboxylic acid groups (broad SMARTS) is 1. The van der Waals surface area contributed by atoms with Crippen LogP contribution in [-0.4, -0.2) is 66.1 Å². The SMILES string of the molecule is COCC(NC1(CC(=O)O)CN(C(=O)OC(C)(C)C)C1)C(C)C. The van der Waals surface area contributed by atoms with E-state index < -0.39 is 23.2 Å². The first-order valence-corrected chi connectivity index (χ1v) is 7.94. The van der Waals surface area contributed by atoms with Gasteiger partial charge in [-0.15, -0.1) is 0 Å². The number of rotatable bonds is 7. The maximum atomic E-state index is 12.1. The second-order valence-corrected chi connectivity index (χ2v) is 7.64. The molecule has 0 aliphatic carbocycles. The van der Waals surface area contributed by atoms with Crippen LogP contribution in [0.2, 0.25) is 0 Å². The minimum absolute atomic E-state index is 0.0279. The third-order valence-electron chi connectivity index (χ3n) is 3.77. The number of ether oxygens (including phenoxy) is 2. The first-order valence-electron chi connectivity index (χ1n) is 7.94. The fourth-order valence-corrected chi connectivity index (χ4v) is 2.66. The predicted molar refractivity (Wildman–Crippen MR) is 86.4 cm³/mol. The Balaban J connectivity index is 2.73. The molecule has 1 saturated heterocycles. The number of carbonyl (C=O) groups is 2. The normalized spacial score (nSPS) is 18.5. The van der Waals surface area contributed by atoms with Gasteiger partial charge in [-0.3, -0.25) is 4.79 Å². The molecular formula is C16H30N2O5. The highest BCUT2D eigenvalue weighted by Crippen LogP contribution is 2.28. The zero-order chi connectivity index (χ0) is 17.8. The van der Waals surface area contributed by atoms with Crippen molar-refractivity contribution in [1.29, 1.82) is 0 Å². The maximum Gasteiger partial charge on any atom is 0.410 e. The molecule has 1 aliphatic heterocycles. The van der Waals surface area contributed by atoms with Crippen molar-refractivity contribution in [2.75, 3.05) is 26.8 Å². The van der Waals surface area contributed by atoms with Crippen molar-refractivity contribution in [1.82, 2.24) is 10.2 Å². The van der Waals surface area contributed by atoms with Gasteiger partial charge in [0.05, 0.1) is 18.6 Å². The summed E-state index contributed by atoms with van der Waals surface area (Å²) in [6.07, 6.45) is -0.452. The molecule has 23 heavy (non-hydrogen) atoms. The van der Waals surface area contributed by atoms with E-state index >= 15 is 0 Å². The van der Waals surface area contributed by atoms with Gasteiger partial charge in [0.25, 0.3) is 0 Å². The summed E-state index contributed by atoms with van der Waals surface area (Å²) >= 11 is 0. The molecule has 1 amide bonds. The number of nitrogens with one attached hydrogen (secondary N) is 1. The Morgan fingerprint density at radius 2 is 1.87 bits per heavy atom. The van der Waals surface area contributed by atoms with Crippen LogP contribution in [-0.2, 0) is 14.3 Å². The van der Waals surface area contributed by atoms with Crippen molar-refractivity contribution in [3.05, 3.63) is 0 Å². The van der Waals surface area contributed by atoms with Gasteiger partial charge in [-0.05, 0) is 26.7 Å². The van der Waals surface area contributed by atoms with E-state index in [0.29, 0.717) is 19.7 Å². The number of aliphatic carboxylic acids is 1. The number of amides is 1. The second-order valence-electron chi connectivity index (χ2n) is 7.64. The van der Waals surface area contributed by atoms with Gasteiger partial charge < -0.3 is 24.8 Å². The van der Waals surface area contributed by atoms with Crippen LogP contribution in [0.5, 0.6) is 0 Å². The minimum atomic E-state index is -0.888. The molecule has 0 radical (unpaired) electrons. The average Bonchev–Trinajstić information content (AvgIpc) is 2.31. The van der Waals surface area contributed by atoms with Crippen molar-refractivity contribution in [2.24, 2.45) is 5.92 Å². The summed E-state index contributed by atoms with van der Waals surface area (Å²) in [4.78, 5) is 24.8. The third-order valence-corrected chi connectivity index (χ3v) is 3.77. The molecule has 0 bridgehead atoms. The molecule has 7 nitrogen and oxygen atoms in total. The predicted octanol–water partition coefficient (Wildman–Crippen LogP) is 1.71. The molecule has 1 unspecified atom stereocenters. The van der Waals surface area contributed by atoms with E-state index in [1.165, 1.54) is 4.90 Å². The summed E-state index contributed by atoms with van der Waals surface area (Å²) in [6, 6.07) is 0.0279. The first-order chi connectivity index (χ1) is 10.5. The van der Waals surface area contributed by atoms with Crippen molar-refractivity contribution < 1.29 is 24.2 Å². The topological polar surface area (TPSA) is 88.1 Å². The number of likely N-dealkylation sites (tertiary alicyclic amines) is 1. The van der Waals surface area contributed by atoms with Crippen molar-refractivity contribution in [3.63, 3.8) is 0 Å². The third kappa shape index (κ3) is 5.99. The molecule has 0 spiro atoms. The Labute approximate surface area is 138 Å².